The van der Waals surface area contributed by atoms with E-state index in [2.05, 4.69) is 22.3 Å². The molecule has 0 bridgehead atoms. The molecule has 0 saturated carbocycles. The summed E-state index contributed by atoms with van der Waals surface area (Å²) in [5.74, 6) is 3.04. The molecule has 2 heterocycles. The summed E-state index contributed by atoms with van der Waals surface area (Å²) >= 11 is 0. The van der Waals surface area contributed by atoms with Crippen LogP contribution in [0.25, 0.3) is 0 Å². The quantitative estimate of drug-likeness (QED) is 0.754. The first kappa shape index (κ1) is 20.3. The number of carbonyl (C=O) groups excluding carboxylic acids is 1. The minimum Gasteiger partial charge on any atom is -0.497 e. The van der Waals surface area contributed by atoms with Gasteiger partial charge in [0, 0.05) is 31.7 Å². The van der Waals surface area contributed by atoms with Crippen molar-refractivity contribution in [2.45, 2.75) is 31.8 Å². The fourth-order valence-electron chi connectivity index (χ4n) is 3.97. The van der Waals surface area contributed by atoms with Gasteiger partial charge in [-0.2, -0.15) is 0 Å². The van der Waals surface area contributed by atoms with E-state index < -0.39 is 0 Å². The Bertz CT molecular complexity index is 871. The monoisotopic (exact) mass is 412 g/mol. The van der Waals surface area contributed by atoms with E-state index in [9.17, 15) is 4.79 Å². The molecule has 7 nitrogen and oxygen atoms in total. The predicted molar refractivity (Wildman–Crippen MR) is 112 cm³/mol. The maximum atomic E-state index is 12.5. The van der Waals surface area contributed by atoms with Crippen LogP contribution in [0.1, 0.15) is 24.0 Å². The summed E-state index contributed by atoms with van der Waals surface area (Å²) in [6.07, 6.45) is 2.19. The van der Waals surface area contributed by atoms with Crippen LogP contribution >= 0.6 is 0 Å². The van der Waals surface area contributed by atoms with Gasteiger partial charge in [-0.1, -0.05) is 6.07 Å². The number of rotatable bonds is 7. The molecule has 4 rings (SSSR count). The molecule has 2 aromatic rings. The number of amides is 1. The molecule has 0 aliphatic carbocycles. The van der Waals surface area contributed by atoms with Crippen LogP contribution in [0.5, 0.6) is 23.0 Å². The number of nitrogens with zero attached hydrogens (tertiary/aromatic N) is 1. The zero-order valence-electron chi connectivity index (χ0n) is 17.5. The number of piperidine rings is 1. The topological polar surface area (TPSA) is 69.3 Å². The molecule has 2 aromatic carbocycles. The van der Waals surface area contributed by atoms with Crippen LogP contribution in [0.15, 0.2) is 36.4 Å². The van der Waals surface area contributed by atoms with Gasteiger partial charge in [-0.15, -0.1) is 0 Å². The van der Waals surface area contributed by atoms with E-state index in [1.165, 1.54) is 5.56 Å². The lowest BCUT2D eigenvalue weighted by Gasteiger charge is -2.32. The maximum absolute atomic E-state index is 12.5. The first-order chi connectivity index (χ1) is 14.6. The molecule has 160 valence electrons. The maximum Gasteiger partial charge on any atom is 0.231 e. The molecular weight excluding hydrogens is 384 g/mol. The molecule has 1 amide bonds. The van der Waals surface area contributed by atoms with E-state index in [1.54, 1.807) is 20.3 Å². The predicted octanol–water partition coefficient (Wildman–Crippen LogP) is 2.76. The molecule has 2 aliphatic rings. The molecule has 1 fully saturated rings. The van der Waals surface area contributed by atoms with Gasteiger partial charge < -0.3 is 24.3 Å². The Morgan fingerprint density at radius 3 is 2.40 bits per heavy atom. The van der Waals surface area contributed by atoms with Gasteiger partial charge in [0.1, 0.15) is 11.5 Å². The fraction of sp³-hybridized carbons (Fsp3) is 0.435. The average molecular weight is 412 g/mol. The van der Waals surface area contributed by atoms with Crippen molar-refractivity contribution in [1.29, 1.82) is 0 Å². The van der Waals surface area contributed by atoms with Gasteiger partial charge in [0.05, 0.1) is 20.6 Å². The van der Waals surface area contributed by atoms with Gasteiger partial charge in [-0.25, -0.2) is 0 Å². The molecule has 2 aliphatic heterocycles. The number of likely N-dealkylation sites (tertiary alicyclic amines) is 1. The van der Waals surface area contributed by atoms with Crippen molar-refractivity contribution in [2.75, 3.05) is 34.1 Å². The van der Waals surface area contributed by atoms with Gasteiger partial charge in [-0.05, 0) is 48.2 Å². The highest BCUT2D eigenvalue weighted by Crippen LogP contribution is 2.33. The molecule has 30 heavy (non-hydrogen) atoms. The van der Waals surface area contributed by atoms with Gasteiger partial charge in [-0.3, -0.25) is 9.69 Å². The highest BCUT2D eigenvalue weighted by atomic mass is 16.7. The first-order valence-electron chi connectivity index (χ1n) is 10.2. The third-order valence-corrected chi connectivity index (χ3v) is 5.57. The number of benzene rings is 2. The molecular formula is C23H28N2O5. The zero-order valence-corrected chi connectivity index (χ0v) is 17.5. The summed E-state index contributed by atoms with van der Waals surface area (Å²) in [4.78, 5) is 14.9. The Morgan fingerprint density at radius 1 is 1.00 bits per heavy atom. The number of nitrogens with one attached hydrogen (secondary N) is 1. The second kappa shape index (κ2) is 9.26. The number of hydrogen-bond donors (Lipinski definition) is 1. The molecule has 1 N–H and O–H groups in total. The van der Waals surface area contributed by atoms with Crippen molar-refractivity contribution in [1.82, 2.24) is 10.2 Å². The van der Waals surface area contributed by atoms with Crippen LogP contribution in [0.4, 0.5) is 0 Å². The minimum atomic E-state index is 0.0273. The van der Waals surface area contributed by atoms with E-state index in [0.717, 1.165) is 49.5 Å². The number of methoxy groups -OCH3 is 2. The van der Waals surface area contributed by atoms with Crippen LogP contribution in [0.2, 0.25) is 0 Å². The lowest BCUT2D eigenvalue weighted by atomic mass is 10.0. The molecule has 0 spiro atoms. The molecule has 0 atom stereocenters. The van der Waals surface area contributed by atoms with Crippen LogP contribution in [0, 0.1) is 0 Å². The Kier molecular flexibility index (Phi) is 6.28. The highest BCUT2D eigenvalue weighted by Gasteiger charge is 2.22. The SMILES string of the molecule is COc1cc(CC(=O)NC2CCN(Cc3ccc4c(c3)OCO4)CC2)cc(OC)c1. The zero-order chi connectivity index (χ0) is 20.9. The second-order valence-corrected chi connectivity index (χ2v) is 7.70. The fourth-order valence-corrected chi connectivity index (χ4v) is 3.97. The van der Waals surface area contributed by atoms with Crippen LogP contribution < -0.4 is 24.3 Å². The molecule has 0 aromatic heterocycles. The van der Waals surface area contributed by atoms with Crippen molar-refractivity contribution in [3.8, 4) is 23.0 Å². The Hall–Kier alpha value is -2.93. The van der Waals surface area contributed by atoms with Crippen LogP contribution in [0.3, 0.4) is 0 Å². The Labute approximate surface area is 176 Å². The van der Waals surface area contributed by atoms with E-state index in [4.69, 9.17) is 18.9 Å². The first-order valence-corrected chi connectivity index (χ1v) is 10.2. The normalized spacial score (nSPS) is 16.3. The number of carbonyl (C=O) groups is 1. The molecule has 7 heteroatoms. The van der Waals surface area contributed by atoms with E-state index in [0.29, 0.717) is 24.7 Å². The molecule has 0 unspecified atom stereocenters. The van der Waals surface area contributed by atoms with Gasteiger partial charge in [0.2, 0.25) is 12.7 Å². The van der Waals surface area contributed by atoms with E-state index in [1.807, 2.05) is 18.2 Å². The highest BCUT2D eigenvalue weighted by molar-refractivity contribution is 5.79. The second-order valence-electron chi connectivity index (χ2n) is 7.70. The van der Waals surface area contributed by atoms with Gasteiger partial charge in [0.15, 0.2) is 11.5 Å². The minimum absolute atomic E-state index is 0.0273. The number of fused-ring (bicyclic) bond motifs is 1. The van der Waals surface area contributed by atoms with Crippen LogP contribution in [-0.2, 0) is 17.8 Å². The average Bonchev–Trinajstić information content (AvgIpc) is 3.22. The number of hydrogen-bond acceptors (Lipinski definition) is 6. The Morgan fingerprint density at radius 2 is 1.70 bits per heavy atom. The lowest BCUT2D eigenvalue weighted by Crippen LogP contribution is -2.44. The van der Waals surface area contributed by atoms with Crippen molar-refractivity contribution in [2.24, 2.45) is 0 Å². The smallest absolute Gasteiger partial charge is 0.231 e. The van der Waals surface area contributed by atoms with Crippen molar-refractivity contribution in [3.05, 3.63) is 47.5 Å². The molecule has 1 saturated heterocycles. The summed E-state index contributed by atoms with van der Waals surface area (Å²) in [5.41, 5.74) is 2.10. The summed E-state index contributed by atoms with van der Waals surface area (Å²) < 4.78 is 21.4. The summed E-state index contributed by atoms with van der Waals surface area (Å²) in [6, 6.07) is 11.9. The van der Waals surface area contributed by atoms with Crippen molar-refractivity contribution in [3.63, 3.8) is 0 Å². The van der Waals surface area contributed by atoms with Crippen LogP contribution in [-0.4, -0.2) is 51.0 Å². The van der Waals surface area contributed by atoms with Gasteiger partial charge >= 0.3 is 0 Å². The van der Waals surface area contributed by atoms with Gasteiger partial charge in [0.25, 0.3) is 0 Å². The van der Waals surface area contributed by atoms with E-state index in [-0.39, 0.29) is 11.9 Å². The van der Waals surface area contributed by atoms with E-state index >= 15 is 0 Å². The summed E-state index contributed by atoms with van der Waals surface area (Å²) in [7, 11) is 3.21. The summed E-state index contributed by atoms with van der Waals surface area (Å²) in [6.45, 7) is 3.08. The third-order valence-electron chi connectivity index (χ3n) is 5.57. The largest absolute Gasteiger partial charge is 0.497 e. The lowest BCUT2D eigenvalue weighted by molar-refractivity contribution is -0.121. The Balaban J connectivity index is 1.25. The summed E-state index contributed by atoms with van der Waals surface area (Å²) in [5, 5.41) is 3.18. The van der Waals surface area contributed by atoms with Crippen molar-refractivity contribution < 1.29 is 23.7 Å². The third kappa shape index (κ3) is 4.97. The number of ether oxygens (including phenoxy) is 4. The van der Waals surface area contributed by atoms with Crippen molar-refractivity contribution >= 4 is 5.91 Å². The standard InChI is InChI=1S/C23H28N2O5/c1-27-19-9-17(10-20(13-19)28-2)12-23(26)24-18-5-7-25(8-6-18)14-16-3-4-21-22(11-16)30-15-29-21/h3-4,9-11,13,18H,5-8,12,14-15H2,1-2H3,(H,24,26). The molecule has 0 radical (unpaired) electrons.